The first-order valence-corrected chi connectivity index (χ1v) is 10.0. The Morgan fingerprint density at radius 2 is 1.71 bits per heavy atom. The zero-order chi connectivity index (χ0) is 19.5. The third-order valence-electron chi connectivity index (χ3n) is 4.72. The number of carbonyl (C=O) groups excluding carboxylic acids is 2. The highest BCUT2D eigenvalue weighted by molar-refractivity contribution is 7.17. The van der Waals surface area contributed by atoms with Crippen LogP contribution < -0.4 is 15.8 Å². The van der Waals surface area contributed by atoms with E-state index in [0.29, 0.717) is 27.6 Å². The molecule has 0 unspecified atom stereocenters. The molecule has 4 rings (SSSR count). The first kappa shape index (κ1) is 18.3. The number of fused-ring (bicyclic) bond motifs is 1. The number of hydrogen-bond acceptors (Lipinski definition) is 4. The quantitative estimate of drug-likeness (QED) is 0.656. The summed E-state index contributed by atoms with van der Waals surface area (Å²) in [4.78, 5) is 25.9. The van der Waals surface area contributed by atoms with Gasteiger partial charge in [0.1, 0.15) is 16.5 Å². The number of anilines is 1. The van der Waals surface area contributed by atoms with Gasteiger partial charge >= 0.3 is 0 Å². The van der Waals surface area contributed by atoms with Crippen molar-refractivity contribution in [1.29, 1.82) is 0 Å². The van der Waals surface area contributed by atoms with E-state index in [0.717, 1.165) is 36.1 Å². The largest absolute Gasteiger partial charge is 0.457 e. The second-order valence-corrected chi connectivity index (χ2v) is 7.78. The zero-order valence-corrected chi connectivity index (χ0v) is 16.1. The smallest absolute Gasteiger partial charge is 0.256 e. The van der Waals surface area contributed by atoms with Crippen LogP contribution in [0.3, 0.4) is 0 Å². The van der Waals surface area contributed by atoms with E-state index in [1.54, 1.807) is 24.3 Å². The molecule has 1 heterocycles. The van der Waals surface area contributed by atoms with Crippen LogP contribution in [-0.2, 0) is 12.8 Å². The number of carbonyl (C=O) groups is 2. The average Bonchev–Trinajstić information content (AvgIpc) is 3.07. The molecular formula is C22H20N2O3S. The van der Waals surface area contributed by atoms with Gasteiger partial charge in [-0.1, -0.05) is 24.3 Å². The summed E-state index contributed by atoms with van der Waals surface area (Å²) in [5, 5.41) is 3.42. The topological polar surface area (TPSA) is 81.4 Å². The first-order valence-electron chi connectivity index (χ1n) is 9.20. The molecule has 0 saturated carbocycles. The number of para-hydroxylation sites is 1. The van der Waals surface area contributed by atoms with Gasteiger partial charge in [-0.3, -0.25) is 9.59 Å². The van der Waals surface area contributed by atoms with Crippen molar-refractivity contribution in [2.45, 2.75) is 25.7 Å². The van der Waals surface area contributed by atoms with Gasteiger partial charge in [-0.2, -0.15) is 0 Å². The van der Waals surface area contributed by atoms with Gasteiger partial charge in [0.15, 0.2) is 0 Å². The van der Waals surface area contributed by atoms with E-state index in [1.807, 2.05) is 30.3 Å². The molecule has 0 saturated heterocycles. The summed E-state index contributed by atoms with van der Waals surface area (Å²) >= 11 is 1.46. The van der Waals surface area contributed by atoms with Crippen molar-refractivity contribution in [2.24, 2.45) is 5.73 Å². The van der Waals surface area contributed by atoms with Gasteiger partial charge in [0.2, 0.25) is 0 Å². The minimum absolute atomic E-state index is 0.292. The molecule has 0 atom stereocenters. The minimum atomic E-state index is -0.490. The van der Waals surface area contributed by atoms with E-state index in [-0.39, 0.29) is 5.91 Å². The minimum Gasteiger partial charge on any atom is -0.457 e. The Morgan fingerprint density at radius 3 is 2.50 bits per heavy atom. The molecule has 5 nitrogen and oxygen atoms in total. The fourth-order valence-electron chi connectivity index (χ4n) is 3.42. The Kier molecular flexibility index (Phi) is 5.12. The van der Waals surface area contributed by atoms with E-state index >= 15 is 0 Å². The van der Waals surface area contributed by atoms with Gasteiger partial charge in [0, 0.05) is 10.4 Å². The molecule has 6 heteroatoms. The van der Waals surface area contributed by atoms with Gasteiger partial charge in [-0.25, -0.2) is 0 Å². The Labute approximate surface area is 167 Å². The molecule has 0 aliphatic heterocycles. The molecule has 0 radical (unpaired) electrons. The molecule has 28 heavy (non-hydrogen) atoms. The summed E-state index contributed by atoms with van der Waals surface area (Å²) in [5.41, 5.74) is 7.52. The van der Waals surface area contributed by atoms with Crippen LogP contribution in [0.5, 0.6) is 11.5 Å². The molecule has 3 N–H and O–H groups in total. The summed E-state index contributed by atoms with van der Waals surface area (Å²) in [5.74, 6) is 0.483. The summed E-state index contributed by atoms with van der Waals surface area (Å²) in [6.45, 7) is 0. The maximum atomic E-state index is 12.8. The number of aryl methyl sites for hydroxylation is 1. The number of nitrogens with two attached hydrogens (primary N) is 1. The number of ether oxygens (including phenoxy) is 1. The van der Waals surface area contributed by atoms with Crippen LogP contribution in [0.4, 0.5) is 5.00 Å². The van der Waals surface area contributed by atoms with Crippen molar-refractivity contribution < 1.29 is 14.3 Å². The van der Waals surface area contributed by atoms with Gasteiger partial charge in [0.25, 0.3) is 11.8 Å². The van der Waals surface area contributed by atoms with Crippen LogP contribution in [0.15, 0.2) is 54.6 Å². The van der Waals surface area contributed by atoms with Crippen LogP contribution >= 0.6 is 11.3 Å². The van der Waals surface area contributed by atoms with Gasteiger partial charge in [-0.15, -0.1) is 11.3 Å². The van der Waals surface area contributed by atoms with Crippen LogP contribution in [0.25, 0.3) is 0 Å². The summed E-state index contributed by atoms with van der Waals surface area (Å²) < 4.78 is 5.80. The number of thiophene rings is 1. The molecular weight excluding hydrogens is 372 g/mol. The lowest BCUT2D eigenvalue weighted by Crippen LogP contribution is -2.18. The number of primary amides is 1. The second-order valence-electron chi connectivity index (χ2n) is 6.68. The molecule has 1 aliphatic rings. The van der Waals surface area contributed by atoms with Crippen molar-refractivity contribution >= 4 is 28.2 Å². The number of amides is 2. The molecule has 2 aromatic carbocycles. The lowest BCUT2D eigenvalue weighted by atomic mass is 9.95. The molecule has 0 bridgehead atoms. The van der Waals surface area contributed by atoms with Gasteiger partial charge in [0.05, 0.1) is 5.56 Å². The highest BCUT2D eigenvalue weighted by atomic mass is 32.1. The Hall–Kier alpha value is -3.12. The standard InChI is InChI=1S/C22H20N2O3S/c23-20(25)19-17-11-4-5-12-18(17)28-22(19)24-21(26)14-7-6-10-16(13-14)27-15-8-2-1-3-9-15/h1-3,6-10,13H,4-5,11-12H2,(H2,23,25)(H,24,26). The highest BCUT2D eigenvalue weighted by Crippen LogP contribution is 2.38. The third kappa shape index (κ3) is 3.77. The van der Waals surface area contributed by atoms with Crippen LogP contribution in [0.1, 0.15) is 44.0 Å². The fourth-order valence-corrected chi connectivity index (χ4v) is 4.71. The monoisotopic (exact) mass is 392 g/mol. The molecule has 3 aromatic rings. The van der Waals surface area contributed by atoms with Crippen molar-refractivity contribution in [3.63, 3.8) is 0 Å². The average molecular weight is 392 g/mol. The van der Waals surface area contributed by atoms with Crippen molar-refractivity contribution in [2.75, 3.05) is 5.32 Å². The zero-order valence-electron chi connectivity index (χ0n) is 15.2. The van der Waals surface area contributed by atoms with Crippen molar-refractivity contribution in [3.8, 4) is 11.5 Å². The Balaban J connectivity index is 1.57. The molecule has 0 spiro atoms. The molecule has 1 aromatic heterocycles. The molecule has 0 fully saturated rings. The Morgan fingerprint density at radius 1 is 0.964 bits per heavy atom. The van der Waals surface area contributed by atoms with E-state index in [4.69, 9.17) is 10.5 Å². The molecule has 1 aliphatic carbocycles. The number of rotatable bonds is 5. The predicted octanol–water partition coefficient (Wildman–Crippen LogP) is 4.77. The van der Waals surface area contributed by atoms with E-state index in [2.05, 4.69) is 5.32 Å². The van der Waals surface area contributed by atoms with E-state index in [1.165, 1.54) is 11.3 Å². The first-order chi connectivity index (χ1) is 13.6. The lowest BCUT2D eigenvalue weighted by molar-refractivity contribution is 0.100. The summed E-state index contributed by atoms with van der Waals surface area (Å²) in [7, 11) is 0. The van der Waals surface area contributed by atoms with Crippen molar-refractivity contribution in [3.05, 3.63) is 76.2 Å². The number of benzene rings is 2. The second kappa shape index (κ2) is 7.86. The Bertz CT molecular complexity index is 1030. The van der Waals surface area contributed by atoms with Crippen LogP contribution in [0.2, 0.25) is 0 Å². The normalized spacial score (nSPS) is 12.9. The van der Waals surface area contributed by atoms with Crippen LogP contribution in [-0.4, -0.2) is 11.8 Å². The predicted molar refractivity (Wildman–Crippen MR) is 110 cm³/mol. The number of nitrogens with one attached hydrogen (secondary N) is 1. The van der Waals surface area contributed by atoms with Gasteiger partial charge < -0.3 is 15.8 Å². The van der Waals surface area contributed by atoms with Crippen molar-refractivity contribution in [1.82, 2.24) is 0 Å². The summed E-state index contributed by atoms with van der Waals surface area (Å²) in [6.07, 6.45) is 3.89. The maximum absolute atomic E-state index is 12.8. The third-order valence-corrected chi connectivity index (χ3v) is 5.93. The van der Waals surface area contributed by atoms with E-state index in [9.17, 15) is 9.59 Å². The molecule has 142 valence electrons. The fraction of sp³-hybridized carbons (Fsp3) is 0.182. The lowest BCUT2D eigenvalue weighted by Gasteiger charge is -2.11. The van der Waals surface area contributed by atoms with Crippen LogP contribution in [0, 0.1) is 0 Å². The summed E-state index contributed by atoms with van der Waals surface area (Å²) in [6, 6.07) is 16.3. The SMILES string of the molecule is NC(=O)c1c(NC(=O)c2cccc(Oc3ccccc3)c2)sc2c1CCCC2. The van der Waals surface area contributed by atoms with E-state index < -0.39 is 5.91 Å². The highest BCUT2D eigenvalue weighted by Gasteiger charge is 2.25. The van der Waals surface area contributed by atoms with Gasteiger partial charge in [-0.05, 0) is 61.6 Å². The number of hydrogen-bond donors (Lipinski definition) is 2. The maximum Gasteiger partial charge on any atom is 0.256 e. The molecule has 2 amide bonds.